The van der Waals surface area contributed by atoms with E-state index in [0.717, 1.165) is 64.0 Å². The van der Waals surface area contributed by atoms with Crippen LogP contribution in [-0.4, -0.2) is 27.1 Å². The lowest BCUT2D eigenvalue weighted by Crippen LogP contribution is -2.28. The Kier molecular flexibility index (Phi) is 14.7. The molecule has 0 rings (SSSR count). The summed E-state index contributed by atoms with van der Waals surface area (Å²) in [6, 6.07) is 0. The molecule has 0 fully saturated rings. The summed E-state index contributed by atoms with van der Waals surface area (Å²) in [7, 11) is -3.60. The molecule has 0 heterocycles. The van der Waals surface area contributed by atoms with Crippen molar-refractivity contribution >= 4 is 16.4 Å². The standard InChI is InChI=1S/C20H36O4S/c1-4-6-7-8-9-10-11-12-13-14-15-17-19(16-5-2)20(18-21)24-25(3,22)23/h6-7,9-10,18-20H,4-5,8,11-17H2,1-3H3. The minimum atomic E-state index is -3.60. The maximum atomic E-state index is 11.3. The molecule has 0 aliphatic carbocycles. The van der Waals surface area contributed by atoms with Gasteiger partial charge < -0.3 is 4.79 Å². The molecule has 0 aliphatic heterocycles. The summed E-state index contributed by atoms with van der Waals surface area (Å²) in [5.41, 5.74) is 0. The van der Waals surface area contributed by atoms with Crippen LogP contribution in [0.5, 0.6) is 0 Å². The van der Waals surface area contributed by atoms with E-state index in [4.69, 9.17) is 4.18 Å². The van der Waals surface area contributed by atoms with E-state index in [1.807, 2.05) is 6.92 Å². The molecule has 0 spiro atoms. The van der Waals surface area contributed by atoms with Crippen molar-refractivity contribution < 1.29 is 17.4 Å². The summed E-state index contributed by atoms with van der Waals surface area (Å²) in [5.74, 6) is -0.0116. The molecule has 0 N–H and O–H groups in total. The topological polar surface area (TPSA) is 60.4 Å². The number of rotatable bonds is 16. The van der Waals surface area contributed by atoms with Crippen molar-refractivity contribution in [2.24, 2.45) is 5.92 Å². The van der Waals surface area contributed by atoms with Gasteiger partial charge in [0.1, 0.15) is 6.10 Å². The molecule has 0 aromatic carbocycles. The zero-order valence-electron chi connectivity index (χ0n) is 16.2. The normalized spacial score (nSPS) is 15.0. The van der Waals surface area contributed by atoms with Gasteiger partial charge in [0.05, 0.1) is 6.26 Å². The van der Waals surface area contributed by atoms with Crippen molar-refractivity contribution in [1.82, 2.24) is 0 Å². The van der Waals surface area contributed by atoms with Crippen LogP contribution in [-0.2, 0) is 19.1 Å². The fourth-order valence-electron chi connectivity index (χ4n) is 2.84. The van der Waals surface area contributed by atoms with E-state index >= 15 is 0 Å². The molecule has 0 aromatic heterocycles. The van der Waals surface area contributed by atoms with Crippen LogP contribution in [0.15, 0.2) is 24.3 Å². The Labute approximate surface area is 154 Å². The van der Waals surface area contributed by atoms with Crippen molar-refractivity contribution in [3.05, 3.63) is 24.3 Å². The molecule has 0 radical (unpaired) electrons. The first-order valence-electron chi connectivity index (χ1n) is 9.58. The lowest BCUT2D eigenvalue weighted by atomic mass is 9.91. The van der Waals surface area contributed by atoms with E-state index in [2.05, 4.69) is 31.2 Å². The average molecular weight is 373 g/mol. The Hall–Kier alpha value is -0.940. The van der Waals surface area contributed by atoms with Gasteiger partial charge in [-0.05, 0) is 44.4 Å². The second-order valence-corrected chi connectivity index (χ2v) is 8.13. The highest BCUT2D eigenvalue weighted by atomic mass is 32.2. The van der Waals surface area contributed by atoms with Crippen LogP contribution in [0, 0.1) is 5.92 Å². The molecule has 0 aliphatic rings. The van der Waals surface area contributed by atoms with Gasteiger partial charge in [0.2, 0.25) is 0 Å². The van der Waals surface area contributed by atoms with E-state index in [-0.39, 0.29) is 5.92 Å². The molecule has 0 amide bonds. The smallest absolute Gasteiger partial charge is 0.265 e. The molecule has 2 atom stereocenters. The van der Waals surface area contributed by atoms with Gasteiger partial charge in [-0.3, -0.25) is 4.18 Å². The third-order valence-corrected chi connectivity index (χ3v) is 4.65. The van der Waals surface area contributed by atoms with Crippen molar-refractivity contribution in [2.45, 2.75) is 84.2 Å². The number of carbonyl (C=O) groups excluding carboxylic acids is 1. The number of aldehydes is 1. The molecule has 25 heavy (non-hydrogen) atoms. The monoisotopic (exact) mass is 372 g/mol. The first-order valence-corrected chi connectivity index (χ1v) is 11.4. The van der Waals surface area contributed by atoms with Crippen LogP contribution in [0.2, 0.25) is 0 Å². The van der Waals surface area contributed by atoms with E-state index in [1.54, 1.807) is 0 Å². The molecule has 4 nitrogen and oxygen atoms in total. The van der Waals surface area contributed by atoms with Crippen LogP contribution < -0.4 is 0 Å². The van der Waals surface area contributed by atoms with Gasteiger partial charge in [-0.2, -0.15) is 8.42 Å². The lowest BCUT2D eigenvalue weighted by Gasteiger charge is -2.21. The van der Waals surface area contributed by atoms with Crippen LogP contribution in [0.3, 0.4) is 0 Å². The summed E-state index contributed by atoms with van der Waals surface area (Å²) in [6.07, 6.45) is 19.8. The SMILES string of the molecule is CCC=CCC=CCCCCCCC(CCC)C(C=O)OS(C)(=O)=O. The highest BCUT2D eigenvalue weighted by Crippen LogP contribution is 2.22. The van der Waals surface area contributed by atoms with Gasteiger partial charge in [-0.15, -0.1) is 0 Å². The molecule has 0 bridgehead atoms. The third kappa shape index (κ3) is 15.1. The summed E-state index contributed by atoms with van der Waals surface area (Å²) in [4.78, 5) is 11.2. The molecule has 146 valence electrons. The average Bonchev–Trinajstić information content (AvgIpc) is 2.56. The number of hydrogen-bond donors (Lipinski definition) is 0. The van der Waals surface area contributed by atoms with Gasteiger partial charge in [0.15, 0.2) is 6.29 Å². The second kappa shape index (κ2) is 15.3. The minimum absolute atomic E-state index is 0.0116. The number of hydrogen-bond acceptors (Lipinski definition) is 4. The summed E-state index contributed by atoms with van der Waals surface area (Å²) < 4.78 is 27.5. The van der Waals surface area contributed by atoms with E-state index in [1.165, 1.54) is 6.42 Å². The Morgan fingerprint density at radius 1 is 0.920 bits per heavy atom. The first kappa shape index (κ1) is 24.1. The Bertz CT molecular complexity index is 480. The fourth-order valence-corrected chi connectivity index (χ4v) is 3.44. The van der Waals surface area contributed by atoms with Gasteiger partial charge in [0.25, 0.3) is 10.1 Å². The molecule has 0 saturated carbocycles. The largest absolute Gasteiger partial charge is 0.300 e. The van der Waals surface area contributed by atoms with Gasteiger partial charge in [-0.25, -0.2) is 0 Å². The Morgan fingerprint density at radius 2 is 1.60 bits per heavy atom. The molecule has 5 heteroatoms. The van der Waals surface area contributed by atoms with Crippen LogP contribution in [0.4, 0.5) is 0 Å². The maximum Gasteiger partial charge on any atom is 0.265 e. The Morgan fingerprint density at radius 3 is 2.20 bits per heavy atom. The highest BCUT2D eigenvalue weighted by Gasteiger charge is 2.24. The van der Waals surface area contributed by atoms with Crippen LogP contribution in [0.1, 0.15) is 78.1 Å². The predicted molar refractivity (Wildman–Crippen MR) is 105 cm³/mol. The predicted octanol–water partition coefficient (Wildman–Crippen LogP) is 5.20. The van der Waals surface area contributed by atoms with Crippen LogP contribution in [0.25, 0.3) is 0 Å². The zero-order chi connectivity index (χ0) is 19.0. The third-order valence-electron chi connectivity index (χ3n) is 4.08. The Balaban J connectivity index is 4.00. The molecular formula is C20H36O4S. The summed E-state index contributed by atoms with van der Waals surface area (Å²) >= 11 is 0. The molecular weight excluding hydrogens is 336 g/mol. The van der Waals surface area contributed by atoms with E-state index in [0.29, 0.717) is 6.29 Å². The lowest BCUT2D eigenvalue weighted by molar-refractivity contribution is -0.115. The number of unbranched alkanes of at least 4 members (excludes halogenated alkanes) is 4. The van der Waals surface area contributed by atoms with Crippen LogP contribution >= 0.6 is 0 Å². The summed E-state index contributed by atoms with van der Waals surface area (Å²) in [5, 5.41) is 0. The minimum Gasteiger partial charge on any atom is -0.300 e. The zero-order valence-corrected chi connectivity index (χ0v) is 17.0. The van der Waals surface area contributed by atoms with E-state index in [9.17, 15) is 13.2 Å². The van der Waals surface area contributed by atoms with Gasteiger partial charge >= 0.3 is 0 Å². The van der Waals surface area contributed by atoms with Crippen molar-refractivity contribution in [1.29, 1.82) is 0 Å². The maximum absolute atomic E-state index is 11.3. The molecule has 0 saturated heterocycles. The molecule has 0 aromatic rings. The number of carbonyl (C=O) groups is 1. The second-order valence-electron chi connectivity index (χ2n) is 6.53. The summed E-state index contributed by atoms with van der Waals surface area (Å²) in [6.45, 7) is 4.17. The van der Waals surface area contributed by atoms with Crippen molar-refractivity contribution in [2.75, 3.05) is 6.26 Å². The van der Waals surface area contributed by atoms with Crippen molar-refractivity contribution in [3.63, 3.8) is 0 Å². The quantitative estimate of drug-likeness (QED) is 0.162. The van der Waals surface area contributed by atoms with Crippen molar-refractivity contribution in [3.8, 4) is 0 Å². The van der Waals surface area contributed by atoms with Gasteiger partial charge in [0, 0.05) is 0 Å². The first-order chi connectivity index (χ1) is 11.9. The highest BCUT2D eigenvalue weighted by molar-refractivity contribution is 7.86. The van der Waals surface area contributed by atoms with Gasteiger partial charge in [-0.1, -0.05) is 63.8 Å². The number of allylic oxidation sites excluding steroid dienone is 4. The van der Waals surface area contributed by atoms with E-state index < -0.39 is 16.2 Å². The molecule has 2 unspecified atom stereocenters. The fraction of sp³-hybridized carbons (Fsp3) is 0.750.